The van der Waals surface area contributed by atoms with Gasteiger partial charge in [0.1, 0.15) is 0 Å². The fourth-order valence-electron chi connectivity index (χ4n) is 2.32. The molecule has 108 valence electrons. The quantitative estimate of drug-likeness (QED) is 0.792. The second-order valence-corrected chi connectivity index (χ2v) is 6.68. The summed E-state index contributed by atoms with van der Waals surface area (Å²) in [5, 5.41) is 4.93. The first-order chi connectivity index (χ1) is 9.37. The summed E-state index contributed by atoms with van der Waals surface area (Å²) in [7, 11) is 0. The van der Waals surface area contributed by atoms with Crippen LogP contribution in [-0.4, -0.2) is 10.1 Å². The molecule has 0 saturated carbocycles. The van der Waals surface area contributed by atoms with Gasteiger partial charge in [0.15, 0.2) is 0 Å². The third-order valence-electron chi connectivity index (χ3n) is 3.46. The van der Waals surface area contributed by atoms with Crippen LogP contribution in [0.5, 0.6) is 0 Å². The van der Waals surface area contributed by atoms with Crippen LogP contribution in [0.4, 0.5) is 0 Å². The van der Waals surface area contributed by atoms with E-state index in [1.807, 2.05) is 0 Å². The standard InChI is InChI=1S/C18H26N2/c1-14(2)10-11-20-13-15(12-19-18(3,4)5)16-8-6-7-9-17(16)20/h6-9,13,19H,1,10-12H2,2-5H3. The number of aryl methyl sites for hydroxylation is 1. The predicted octanol–water partition coefficient (Wildman–Crippen LogP) is 4.50. The normalized spacial score (nSPS) is 12.0. The summed E-state index contributed by atoms with van der Waals surface area (Å²) in [5.41, 5.74) is 4.06. The molecular formula is C18H26N2. The van der Waals surface area contributed by atoms with Gasteiger partial charge in [-0.15, -0.1) is 6.58 Å². The van der Waals surface area contributed by atoms with Crippen LogP contribution in [0.2, 0.25) is 0 Å². The number of aromatic nitrogens is 1. The number of rotatable bonds is 5. The number of para-hydroxylation sites is 1. The SMILES string of the molecule is C=C(C)CCn1cc(CNC(C)(C)C)c2ccccc21. The monoisotopic (exact) mass is 270 g/mol. The van der Waals surface area contributed by atoms with Gasteiger partial charge in [-0.05, 0) is 45.7 Å². The van der Waals surface area contributed by atoms with Gasteiger partial charge < -0.3 is 9.88 Å². The average Bonchev–Trinajstić information content (AvgIpc) is 2.71. The number of benzene rings is 1. The Morgan fingerprint density at radius 2 is 1.95 bits per heavy atom. The Bertz CT molecular complexity index is 599. The van der Waals surface area contributed by atoms with Crippen LogP contribution < -0.4 is 5.32 Å². The number of allylic oxidation sites excluding steroid dienone is 1. The Hall–Kier alpha value is -1.54. The molecule has 0 aliphatic carbocycles. The fraction of sp³-hybridized carbons (Fsp3) is 0.444. The highest BCUT2D eigenvalue weighted by Crippen LogP contribution is 2.22. The molecule has 0 atom stereocenters. The van der Waals surface area contributed by atoms with Crippen molar-refractivity contribution < 1.29 is 0 Å². The number of hydrogen-bond donors (Lipinski definition) is 1. The van der Waals surface area contributed by atoms with Gasteiger partial charge in [0.05, 0.1) is 0 Å². The van der Waals surface area contributed by atoms with Crippen molar-refractivity contribution in [1.82, 2.24) is 9.88 Å². The smallest absolute Gasteiger partial charge is 0.0483 e. The van der Waals surface area contributed by atoms with Gasteiger partial charge in [0.2, 0.25) is 0 Å². The molecule has 0 unspecified atom stereocenters. The Morgan fingerprint density at radius 3 is 2.60 bits per heavy atom. The van der Waals surface area contributed by atoms with E-state index in [4.69, 9.17) is 0 Å². The highest BCUT2D eigenvalue weighted by molar-refractivity contribution is 5.83. The minimum Gasteiger partial charge on any atom is -0.347 e. The van der Waals surface area contributed by atoms with E-state index < -0.39 is 0 Å². The molecule has 0 aliphatic heterocycles. The van der Waals surface area contributed by atoms with Crippen molar-refractivity contribution >= 4 is 10.9 Å². The number of hydrogen-bond acceptors (Lipinski definition) is 1. The van der Waals surface area contributed by atoms with E-state index in [9.17, 15) is 0 Å². The first kappa shape index (κ1) is 14.9. The lowest BCUT2D eigenvalue weighted by atomic mass is 10.1. The van der Waals surface area contributed by atoms with Crippen molar-refractivity contribution in [3.63, 3.8) is 0 Å². The van der Waals surface area contributed by atoms with E-state index >= 15 is 0 Å². The Balaban J connectivity index is 2.28. The Kier molecular flexibility index (Phi) is 4.34. The molecule has 0 radical (unpaired) electrons. The zero-order chi connectivity index (χ0) is 14.8. The maximum atomic E-state index is 4.00. The van der Waals surface area contributed by atoms with E-state index in [-0.39, 0.29) is 5.54 Å². The molecule has 1 N–H and O–H groups in total. The molecule has 2 heteroatoms. The topological polar surface area (TPSA) is 17.0 Å². The first-order valence-electron chi connectivity index (χ1n) is 7.33. The van der Waals surface area contributed by atoms with E-state index in [2.05, 4.69) is 74.6 Å². The van der Waals surface area contributed by atoms with Crippen LogP contribution in [0.15, 0.2) is 42.6 Å². The van der Waals surface area contributed by atoms with Crippen molar-refractivity contribution in [2.45, 2.75) is 52.7 Å². The van der Waals surface area contributed by atoms with Crippen molar-refractivity contribution in [2.24, 2.45) is 0 Å². The highest BCUT2D eigenvalue weighted by Gasteiger charge is 2.12. The van der Waals surface area contributed by atoms with Gasteiger partial charge in [0.25, 0.3) is 0 Å². The molecule has 2 aromatic rings. The molecule has 0 fully saturated rings. The summed E-state index contributed by atoms with van der Waals surface area (Å²) in [6.45, 7) is 14.6. The maximum Gasteiger partial charge on any atom is 0.0483 e. The van der Waals surface area contributed by atoms with Gasteiger partial charge in [-0.2, -0.15) is 0 Å². The summed E-state index contributed by atoms with van der Waals surface area (Å²) in [6, 6.07) is 8.65. The number of nitrogens with zero attached hydrogens (tertiary/aromatic N) is 1. The Labute approximate surface area is 122 Å². The van der Waals surface area contributed by atoms with Crippen molar-refractivity contribution in [3.05, 3.63) is 48.2 Å². The molecule has 0 aliphatic rings. The van der Waals surface area contributed by atoms with Crippen molar-refractivity contribution in [2.75, 3.05) is 0 Å². The van der Waals surface area contributed by atoms with Gasteiger partial charge in [-0.25, -0.2) is 0 Å². The van der Waals surface area contributed by atoms with Crippen LogP contribution in [0.25, 0.3) is 10.9 Å². The van der Waals surface area contributed by atoms with E-state index in [0.29, 0.717) is 0 Å². The predicted molar refractivity (Wildman–Crippen MR) is 88.0 cm³/mol. The van der Waals surface area contributed by atoms with Crippen molar-refractivity contribution in [1.29, 1.82) is 0 Å². The second-order valence-electron chi connectivity index (χ2n) is 6.68. The summed E-state index contributed by atoms with van der Waals surface area (Å²) < 4.78 is 2.35. The molecule has 1 aromatic carbocycles. The first-order valence-corrected chi connectivity index (χ1v) is 7.33. The zero-order valence-electron chi connectivity index (χ0n) is 13.2. The van der Waals surface area contributed by atoms with Gasteiger partial charge >= 0.3 is 0 Å². The van der Waals surface area contributed by atoms with Crippen LogP contribution in [0.1, 0.15) is 39.7 Å². The molecule has 2 rings (SSSR count). The lowest BCUT2D eigenvalue weighted by molar-refractivity contribution is 0.425. The van der Waals surface area contributed by atoms with Crippen molar-refractivity contribution in [3.8, 4) is 0 Å². The molecule has 0 spiro atoms. The summed E-state index contributed by atoms with van der Waals surface area (Å²) in [6.07, 6.45) is 3.32. The van der Waals surface area contributed by atoms with E-state index in [1.165, 1.54) is 22.0 Å². The third kappa shape index (κ3) is 3.73. The molecule has 0 amide bonds. The second kappa shape index (κ2) is 5.84. The summed E-state index contributed by atoms with van der Waals surface area (Å²) >= 11 is 0. The molecular weight excluding hydrogens is 244 g/mol. The molecule has 1 aromatic heterocycles. The lowest BCUT2D eigenvalue weighted by Crippen LogP contribution is -2.34. The number of nitrogens with one attached hydrogen (secondary N) is 1. The zero-order valence-corrected chi connectivity index (χ0v) is 13.2. The molecule has 2 nitrogen and oxygen atoms in total. The third-order valence-corrected chi connectivity index (χ3v) is 3.46. The van der Waals surface area contributed by atoms with Crippen LogP contribution >= 0.6 is 0 Å². The summed E-state index contributed by atoms with van der Waals surface area (Å²) in [5.74, 6) is 0. The van der Waals surface area contributed by atoms with Crippen LogP contribution in [0, 0.1) is 0 Å². The van der Waals surface area contributed by atoms with E-state index in [1.54, 1.807) is 0 Å². The summed E-state index contributed by atoms with van der Waals surface area (Å²) in [4.78, 5) is 0. The molecule has 1 heterocycles. The van der Waals surface area contributed by atoms with Gasteiger partial charge in [0, 0.05) is 35.7 Å². The molecule has 0 bridgehead atoms. The van der Waals surface area contributed by atoms with Gasteiger partial charge in [-0.1, -0.05) is 23.8 Å². The lowest BCUT2D eigenvalue weighted by Gasteiger charge is -2.20. The number of fused-ring (bicyclic) bond motifs is 1. The minimum absolute atomic E-state index is 0.140. The average molecular weight is 270 g/mol. The fourth-order valence-corrected chi connectivity index (χ4v) is 2.32. The highest BCUT2D eigenvalue weighted by atomic mass is 15.0. The van der Waals surface area contributed by atoms with Crippen LogP contribution in [-0.2, 0) is 13.1 Å². The molecule has 20 heavy (non-hydrogen) atoms. The van der Waals surface area contributed by atoms with Gasteiger partial charge in [-0.3, -0.25) is 0 Å². The van der Waals surface area contributed by atoms with E-state index in [0.717, 1.165) is 19.5 Å². The minimum atomic E-state index is 0.140. The maximum absolute atomic E-state index is 4.00. The largest absolute Gasteiger partial charge is 0.347 e. The molecule has 0 saturated heterocycles. The van der Waals surface area contributed by atoms with Crippen LogP contribution in [0.3, 0.4) is 0 Å². The Morgan fingerprint density at radius 1 is 1.25 bits per heavy atom.